The minimum Gasteiger partial charge on any atom is -0.326 e. The zero-order valence-corrected chi connectivity index (χ0v) is 15.1. The quantitative estimate of drug-likeness (QED) is 0.893. The van der Waals surface area contributed by atoms with Gasteiger partial charge in [0.25, 0.3) is 0 Å². The molecule has 2 aromatic rings. The van der Waals surface area contributed by atoms with Gasteiger partial charge in [-0.2, -0.15) is 0 Å². The van der Waals surface area contributed by atoms with Gasteiger partial charge in [-0.25, -0.2) is 8.42 Å². The fourth-order valence-electron chi connectivity index (χ4n) is 2.99. The zero-order valence-electron chi connectivity index (χ0n) is 14.2. The zero-order chi connectivity index (χ0) is 17.9. The second kappa shape index (κ2) is 7.27. The van der Waals surface area contributed by atoms with E-state index in [1.807, 2.05) is 49.4 Å². The van der Waals surface area contributed by atoms with Crippen LogP contribution >= 0.6 is 0 Å². The van der Waals surface area contributed by atoms with Gasteiger partial charge in [-0.15, -0.1) is 0 Å². The first kappa shape index (κ1) is 17.5. The van der Waals surface area contributed by atoms with E-state index in [0.29, 0.717) is 37.2 Å². The fraction of sp³-hybridized carbons (Fsp3) is 0.316. The number of amides is 1. The van der Waals surface area contributed by atoms with E-state index in [2.05, 4.69) is 5.32 Å². The topological polar surface area (TPSA) is 66.5 Å². The maximum atomic E-state index is 12.2. The summed E-state index contributed by atoms with van der Waals surface area (Å²) in [7, 11) is -3.23. The molecule has 1 N–H and O–H groups in total. The molecule has 1 fully saturated rings. The van der Waals surface area contributed by atoms with Crippen LogP contribution in [0.4, 0.5) is 11.4 Å². The Morgan fingerprint density at radius 2 is 1.92 bits per heavy atom. The van der Waals surface area contributed by atoms with Crippen molar-refractivity contribution in [2.75, 3.05) is 21.9 Å². The number of hydrogen-bond donors (Lipinski definition) is 1. The summed E-state index contributed by atoms with van der Waals surface area (Å²) < 4.78 is 25.7. The highest BCUT2D eigenvalue weighted by atomic mass is 32.2. The van der Waals surface area contributed by atoms with Crippen molar-refractivity contribution in [3.05, 3.63) is 59.7 Å². The summed E-state index contributed by atoms with van der Waals surface area (Å²) in [6.45, 7) is 2.37. The van der Waals surface area contributed by atoms with Gasteiger partial charge in [0.2, 0.25) is 15.9 Å². The van der Waals surface area contributed by atoms with Crippen molar-refractivity contribution in [3.8, 4) is 0 Å². The standard InChI is InChI=1S/C19H22N2O3S/c1-15-8-10-17(14-18(15)21-12-5-13-25(21,23)24)20-19(22)11-9-16-6-3-2-4-7-16/h2-4,6-8,10,14H,5,9,11-13H2,1H3,(H,20,22). The molecule has 0 bridgehead atoms. The Morgan fingerprint density at radius 3 is 2.60 bits per heavy atom. The number of benzene rings is 2. The second-order valence-electron chi connectivity index (χ2n) is 6.28. The molecule has 0 aromatic heterocycles. The normalized spacial score (nSPS) is 16.0. The highest BCUT2D eigenvalue weighted by molar-refractivity contribution is 7.93. The summed E-state index contributed by atoms with van der Waals surface area (Å²) in [6, 6.07) is 15.2. The molecule has 1 aliphatic rings. The van der Waals surface area contributed by atoms with E-state index in [9.17, 15) is 13.2 Å². The first-order valence-corrected chi connectivity index (χ1v) is 10.0. The maximum absolute atomic E-state index is 12.2. The molecule has 132 valence electrons. The fourth-order valence-corrected chi connectivity index (χ4v) is 4.61. The van der Waals surface area contributed by atoms with E-state index in [4.69, 9.17) is 0 Å². The van der Waals surface area contributed by atoms with Gasteiger partial charge in [0, 0.05) is 18.7 Å². The van der Waals surface area contributed by atoms with Crippen LogP contribution in [0.5, 0.6) is 0 Å². The molecule has 0 aliphatic carbocycles. The summed E-state index contributed by atoms with van der Waals surface area (Å²) in [5.74, 6) is 0.100. The van der Waals surface area contributed by atoms with Gasteiger partial charge >= 0.3 is 0 Å². The summed E-state index contributed by atoms with van der Waals surface area (Å²) in [6.07, 6.45) is 1.69. The van der Waals surface area contributed by atoms with Crippen molar-refractivity contribution in [1.29, 1.82) is 0 Å². The van der Waals surface area contributed by atoms with Crippen LogP contribution in [-0.2, 0) is 21.2 Å². The minimum atomic E-state index is -3.23. The van der Waals surface area contributed by atoms with E-state index in [-0.39, 0.29) is 11.7 Å². The van der Waals surface area contributed by atoms with E-state index in [0.717, 1.165) is 11.1 Å². The molecule has 0 unspecified atom stereocenters. The number of anilines is 2. The third-order valence-corrected chi connectivity index (χ3v) is 6.20. The average Bonchev–Trinajstić information content (AvgIpc) is 2.95. The molecule has 1 aliphatic heterocycles. The number of carbonyl (C=O) groups is 1. The number of carbonyl (C=O) groups excluding carboxylic acids is 1. The van der Waals surface area contributed by atoms with Crippen molar-refractivity contribution in [3.63, 3.8) is 0 Å². The molecule has 3 rings (SSSR count). The summed E-state index contributed by atoms with van der Waals surface area (Å²) in [5, 5.41) is 2.87. The lowest BCUT2D eigenvalue weighted by molar-refractivity contribution is -0.116. The van der Waals surface area contributed by atoms with Gasteiger partial charge in [0.05, 0.1) is 11.4 Å². The molecule has 0 atom stereocenters. The molecule has 0 spiro atoms. The first-order valence-electron chi connectivity index (χ1n) is 8.40. The Morgan fingerprint density at radius 1 is 1.16 bits per heavy atom. The molecule has 6 heteroatoms. The van der Waals surface area contributed by atoms with Crippen LogP contribution in [0.2, 0.25) is 0 Å². The van der Waals surface area contributed by atoms with Crippen molar-refractivity contribution in [2.24, 2.45) is 0 Å². The van der Waals surface area contributed by atoms with Crippen molar-refractivity contribution < 1.29 is 13.2 Å². The molecule has 2 aromatic carbocycles. The summed E-state index contributed by atoms with van der Waals surface area (Å²) >= 11 is 0. The van der Waals surface area contributed by atoms with Gasteiger partial charge in [0.15, 0.2) is 0 Å². The predicted molar refractivity (Wildman–Crippen MR) is 100 cm³/mol. The Labute approximate surface area is 148 Å². The lowest BCUT2D eigenvalue weighted by Gasteiger charge is -2.20. The largest absolute Gasteiger partial charge is 0.326 e. The van der Waals surface area contributed by atoms with Crippen LogP contribution in [0.1, 0.15) is 24.0 Å². The van der Waals surface area contributed by atoms with E-state index < -0.39 is 10.0 Å². The maximum Gasteiger partial charge on any atom is 0.235 e. The summed E-state index contributed by atoms with van der Waals surface area (Å²) in [4.78, 5) is 12.2. The van der Waals surface area contributed by atoms with Crippen molar-refractivity contribution >= 4 is 27.3 Å². The number of sulfonamides is 1. The number of nitrogens with zero attached hydrogens (tertiary/aromatic N) is 1. The molecular formula is C19H22N2O3S. The van der Waals surface area contributed by atoms with E-state index in [1.54, 1.807) is 6.07 Å². The van der Waals surface area contributed by atoms with Crippen LogP contribution in [-0.4, -0.2) is 26.6 Å². The molecule has 1 heterocycles. The lowest BCUT2D eigenvalue weighted by Crippen LogP contribution is -2.26. The van der Waals surface area contributed by atoms with Gasteiger partial charge in [-0.3, -0.25) is 9.10 Å². The average molecular weight is 358 g/mol. The van der Waals surface area contributed by atoms with Gasteiger partial charge < -0.3 is 5.32 Å². The van der Waals surface area contributed by atoms with Gasteiger partial charge in [0.1, 0.15) is 0 Å². The number of aryl methyl sites for hydroxylation is 2. The van der Waals surface area contributed by atoms with Gasteiger partial charge in [-0.1, -0.05) is 36.4 Å². The van der Waals surface area contributed by atoms with Crippen LogP contribution < -0.4 is 9.62 Å². The molecule has 0 radical (unpaired) electrons. The molecule has 5 nitrogen and oxygen atoms in total. The van der Waals surface area contributed by atoms with E-state index in [1.165, 1.54) is 4.31 Å². The Kier molecular flexibility index (Phi) is 5.08. The van der Waals surface area contributed by atoms with Crippen molar-refractivity contribution in [1.82, 2.24) is 0 Å². The van der Waals surface area contributed by atoms with Gasteiger partial charge in [-0.05, 0) is 43.0 Å². The van der Waals surface area contributed by atoms with Crippen molar-refractivity contribution in [2.45, 2.75) is 26.2 Å². The predicted octanol–water partition coefficient (Wildman–Crippen LogP) is 3.11. The van der Waals surface area contributed by atoms with E-state index >= 15 is 0 Å². The third-order valence-electron chi connectivity index (χ3n) is 4.34. The third kappa shape index (κ3) is 4.20. The smallest absolute Gasteiger partial charge is 0.235 e. The molecule has 0 saturated carbocycles. The van der Waals surface area contributed by atoms with Crippen LogP contribution in [0.25, 0.3) is 0 Å². The SMILES string of the molecule is Cc1ccc(NC(=O)CCc2ccccc2)cc1N1CCCS1(=O)=O. The lowest BCUT2D eigenvalue weighted by atomic mass is 10.1. The summed E-state index contributed by atoms with van der Waals surface area (Å²) in [5.41, 5.74) is 3.28. The van der Waals surface area contributed by atoms with Crippen LogP contribution in [0.3, 0.4) is 0 Å². The highest BCUT2D eigenvalue weighted by Gasteiger charge is 2.29. The molecule has 1 amide bonds. The first-order chi connectivity index (χ1) is 12.0. The molecule has 25 heavy (non-hydrogen) atoms. The highest BCUT2D eigenvalue weighted by Crippen LogP contribution is 2.30. The second-order valence-corrected chi connectivity index (χ2v) is 8.29. The monoisotopic (exact) mass is 358 g/mol. The minimum absolute atomic E-state index is 0.0806. The number of rotatable bonds is 5. The number of hydrogen-bond acceptors (Lipinski definition) is 3. The Balaban J connectivity index is 1.69. The molecular weight excluding hydrogens is 336 g/mol. The molecule has 1 saturated heterocycles. The Hall–Kier alpha value is -2.34. The van der Waals surface area contributed by atoms with Crippen LogP contribution in [0, 0.1) is 6.92 Å². The number of nitrogens with one attached hydrogen (secondary N) is 1. The Bertz CT molecular complexity index is 863. The van der Waals surface area contributed by atoms with Crippen LogP contribution in [0.15, 0.2) is 48.5 Å².